The number of esters is 2. The molecule has 0 bridgehead atoms. The second kappa shape index (κ2) is 29.4. The number of ether oxygens (including phenoxy) is 9. The lowest BCUT2D eigenvalue weighted by molar-refractivity contribution is -0.312. The number of nitrogens with zero attached hydrogens (tertiary/aromatic N) is 3. The molecule has 17 nitrogen and oxygen atoms in total. The van der Waals surface area contributed by atoms with E-state index in [1.165, 1.54) is 14.0 Å². The molecule has 4 aliphatic rings. The van der Waals surface area contributed by atoms with Crippen molar-refractivity contribution < 1.29 is 63.5 Å². The fourth-order valence-electron chi connectivity index (χ4n) is 12.2. The van der Waals surface area contributed by atoms with E-state index in [1.807, 2.05) is 128 Å². The monoisotopic (exact) mass is 1120 g/mol. The largest absolute Gasteiger partial charge is 0.469 e. The summed E-state index contributed by atoms with van der Waals surface area (Å²) in [7, 11) is 1.35. The highest BCUT2D eigenvalue weighted by molar-refractivity contribution is 5.75. The van der Waals surface area contributed by atoms with Crippen molar-refractivity contribution >= 4 is 17.8 Å². The Balaban J connectivity index is 1.11. The maximum absolute atomic E-state index is 14.4. The number of hydrogen-bond donors (Lipinski definition) is 2. The molecule has 17 heteroatoms. The Morgan fingerprint density at radius 3 is 2.01 bits per heavy atom. The minimum atomic E-state index is -1.47. The van der Waals surface area contributed by atoms with E-state index in [2.05, 4.69) is 24.3 Å². The molecule has 436 valence electrons. The van der Waals surface area contributed by atoms with E-state index in [1.54, 1.807) is 4.68 Å². The van der Waals surface area contributed by atoms with Gasteiger partial charge in [0, 0.05) is 20.5 Å². The molecule has 4 aromatic carbocycles. The molecule has 1 aliphatic heterocycles. The van der Waals surface area contributed by atoms with E-state index >= 15 is 0 Å². The highest BCUT2D eigenvalue weighted by Gasteiger charge is 2.54. The van der Waals surface area contributed by atoms with Crippen LogP contribution in [0.1, 0.15) is 110 Å². The zero-order valence-corrected chi connectivity index (χ0v) is 47.2. The standard InChI is InChI=1S/C64H82N4O13/c1-6-74-40-55-57(70)61(79-54(33-44-22-12-7-13-23-44)63(72)77-39-47-28-18-10-19-29-47)56(65-43(4)69)64(81-55)80-53-35-49(62(71)73-5)34-51(68-36-50(66-67-68)48-30-20-11-21-31-48)59(53)78-52-32-41(2)42(3)58(75-37-45-24-14-8-15-25-45)60(52)76-38-46-26-16-9-17-27-46/h8-11,14-21,24-31,36,41-42,44,49,51-61,64,70H,6-7,12-13,22-23,32-35,37-40H2,1-5H3,(H,65,69)/t41?,42-,49?,51?,52-,53-,54+,55+,56?,57+,58+,59-,60?,61?,64-/m1/s1/i1T. The van der Waals surface area contributed by atoms with Gasteiger partial charge in [-0.2, -0.15) is 0 Å². The Hall–Kier alpha value is -5.89. The van der Waals surface area contributed by atoms with E-state index in [0.29, 0.717) is 25.1 Å². The summed E-state index contributed by atoms with van der Waals surface area (Å²) in [4.78, 5) is 42.1. The van der Waals surface area contributed by atoms with Gasteiger partial charge in [0.15, 0.2) is 12.4 Å². The first-order valence-electron chi connectivity index (χ1n) is 29.7. The second-order valence-corrected chi connectivity index (χ2v) is 22.4. The van der Waals surface area contributed by atoms with Crippen molar-refractivity contribution in [2.45, 2.75) is 179 Å². The number of benzene rings is 4. The number of carbonyl (C=O) groups excluding carboxylic acids is 3. The van der Waals surface area contributed by atoms with Gasteiger partial charge in [-0.25, -0.2) is 9.48 Å². The van der Waals surface area contributed by atoms with Gasteiger partial charge in [0.2, 0.25) is 5.91 Å². The molecule has 3 saturated carbocycles. The molecule has 0 radical (unpaired) electrons. The maximum atomic E-state index is 14.4. The molecule has 1 saturated heterocycles. The van der Waals surface area contributed by atoms with Crippen LogP contribution in [0.2, 0.25) is 0 Å². The summed E-state index contributed by atoms with van der Waals surface area (Å²) in [6, 6.07) is 37.1. The highest BCUT2D eigenvalue weighted by atomic mass is 16.7. The van der Waals surface area contributed by atoms with E-state index < -0.39 is 97.1 Å². The molecule has 6 unspecified atom stereocenters. The lowest BCUT2D eigenvalue weighted by atomic mass is 9.75. The van der Waals surface area contributed by atoms with Gasteiger partial charge in [-0.15, -0.1) is 5.10 Å². The number of rotatable bonds is 24. The van der Waals surface area contributed by atoms with E-state index in [9.17, 15) is 19.5 Å². The highest BCUT2D eigenvalue weighted by Crippen LogP contribution is 2.44. The van der Waals surface area contributed by atoms with Gasteiger partial charge < -0.3 is 53.1 Å². The zero-order valence-electron chi connectivity index (χ0n) is 48.2. The predicted octanol–water partition coefficient (Wildman–Crippen LogP) is 9.15. The van der Waals surface area contributed by atoms with Gasteiger partial charge in [0.05, 0.1) is 63.4 Å². The van der Waals surface area contributed by atoms with Crippen LogP contribution in [-0.4, -0.2) is 126 Å². The number of aliphatic hydroxyl groups is 1. The fourth-order valence-corrected chi connectivity index (χ4v) is 12.2. The Kier molecular flexibility index (Phi) is 21.2. The molecule has 81 heavy (non-hydrogen) atoms. The first-order valence-corrected chi connectivity index (χ1v) is 29.0. The molecule has 9 rings (SSSR count). The summed E-state index contributed by atoms with van der Waals surface area (Å²) < 4.78 is 69.5. The molecule has 1 amide bonds. The van der Waals surface area contributed by atoms with Gasteiger partial charge in [0.1, 0.15) is 48.9 Å². The van der Waals surface area contributed by atoms with Gasteiger partial charge in [-0.05, 0) is 67.0 Å². The third kappa shape index (κ3) is 15.8. The van der Waals surface area contributed by atoms with Crippen molar-refractivity contribution in [3.8, 4) is 11.3 Å². The Morgan fingerprint density at radius 1 is 0.765 bits per heavy atom. The fraction of sp³-hybridized carbons (Fsp3) is 0.547. The summed E-state index contributed by atoms with van der Waals surface area (Å²) in [6.45, 7) is 6.17. The number of hydrogen-bond acceptors (Lipinski definition) is 15. The molecule has 5 aromatic rings. The minimum Gasteiger partial charge on any atom is -0.469 e. The molecule has 0 spiro atoms. The van der Waals surface area contributed by atoms with Crippen molar-refractivity contribution in [1.29, 1.82) is 0 Å². The van der Waals surface area contributed by atoms with Crippen molar-refractivity contribution in [2.24, 2.45) is 23.7 Å². The number of aliphatic hydroxyl groups excluding tert-OH is 1. The summed E-state index contributed by atoms with van der Waals surface area (Å²) in [5.74, 6) is -2.02. The summed E-state index contributed by atoms with van der Waals surface area (Å²) >= 11 is 0. The molecule has 4 fully saturated rings. The topological polar surface area (TPSA) is 197 Å². The Labute approximate surface area is 478 Å². The average molecular weight is 1120 g/mol. The van der Waals surface area contributed by atoms with Crippen LogP contribution in [0.3, 0.4) is 0 Å². The molecular formula is C64H82N4O13. The second-order valence-electron chi connectivity index (χ2n) is 22.4. The zero-order chi connectivity index (χ0) is 57.4. The smallest absolute Gasteiger partial charge is 0.335 e. The van der Waals surface area contributed by atoms with Crippen molar-refractivity contribution in [3.63, 3.8) is 0 Å². The van der Waals surface area contributed by atoms with Crippen LogP contribution in [0.25, 0.3) is 11.3 Å². The van der Waals surface area contributed by atoms with Gasteiger partial charge >= 0.3 is 11.9 Å². The van der Waals surface area contributed by atoms with Crippen LogP contribution >= 0.6 is 0 Å². The molecule has 2 heterocycles. The quantitative estimate of drug-likeness (QED) is 0.0438. The molecule has 1 aromatic heterocycles. The third-order valence-corrected chi connectivity index (χ3v) is 16.7. The molecule has 3 aliphatic carbocycles. The van der Waals surface area contributed by atoms with Crippen LogP contribution in [0.5, 0.6) is 0 Å². The van der Waals surface area contributed by atoms with Crippen LogP contribution in [0, 0.1) is 23.7 Å². The van der Waals surface area contributed by atoms with Crippen molar-refractivity contribution in [2.75, 3.05) is 20.3 Å². The normalized spacial score (nSPS) is 29.5. The third-order valence-electron chi connectivity index (χ3n) is 16.7. The lowest BCUT2D eigenvalue weighted by Crippen LogP contribution is -2.67. The Morgan fingerprint density at radius 2 is 1.38 bits per heavy atom. The maximum Gasteiger partial charge on any atom is 0.335 e. The first-order chi connectivity index (χ1) is 40.0. The molecule has 15 atom stereocenters. The summed E-state index contributed by atoms with van der Waals surface area (Å²) in [5.41, 5.74) is 4.23. The number of carbonyl (C=O) groups is 3. The first kappa shape index (κ1) is 58.3. The number of aromatic nitrogens is 3. The Bertz CT molecular complexity index is 2720. The summed E-state index contributed by atoms with van der Waals surface area (Å²) in [5, 5.41) is 24.8. The van der Waals surface area contributed by atoms with Gasteiger partial charge in [-0.1, -0.05) is 172 Å². The predicted molar refractivity (Wildman–Crippen MR) is 301 cm³/mol. The number of nitrogens with one attached hydrogen (secondary N) is 1. The van der Waals surface area contributed by atoms with E-state index in [-0.39, 0.29) is 63.9 Å². The van der Waals surface area contributed by atoms with Gasteiger partial charge in [-0.3, -0.25) is 9.59 Å². The van der Waals surface area contributed by atoms with Crippen LogP contribution in [0.15, 0.2) is 128 Å². The van der Waals surface area contributed by atoms with E-state index in [0.717, 1.165) is 54.4 Å². The van der Waals surface area contributed by atoms with E-state index in [4.69, 9.17) is 49.2 Å². The number of amides is 1. The summed E-state index contributed by atoms with van der Waals surface area (Å²) in [6.07, 6.45) is -2.09. The lowest BCUT2D eigenvalue weighted by Gasteiger charge is -2.50. The average Bonchev–Trinajstić information content (AvgIpc) is 3.96. The minimum absolute atomic E-state index is 0.00588. The SMILES string of the molecule is [3H]CCOC[C@@H]1O[C@@H](O[C@@H]2CC(C(=O)OC)CC(n3cc(-c4ccccc4)nn3)[C@H]2O[C@@H]2CC(C)[C@@H](C)[C@H](OCc3ccccc3)C2OCc2ccccc2)C(NC(C)=O)C(O[C@@H](CC2CCCCC2)C(=O)OCc2ccccc2)[C@H]1O. The van der Waals surface area contributed by atoms with Crippen LogP contribution < -0.4 is 5.32 Å². The molecule has 2 N–H and O–H groups in total. The van der Waals surface area contributed by atoms with Crippen molar-refractivity contribution in [3.05, 3.63) is 144 Å². The number of methoxy groups -OCH3 is 1. The van der Waals surface area contributed by atoms with Crippen LogP contribution in [0.4, 0.5) is 0 Å². The van der Waals surface area contributed by atoms with Crippen LogP contribution in [-0.2, 0) is 76.8 Å². The van der Waals surface area contributed by atoms with Crippen molar-refractivity contribution in [1.82, 2.24) is 20.3 Å². The van der Waals surface area contributed by atoms with Gasteiger partial charge in [0.25, 0.3) is 0 Å². The molecular weight excluding hydrogens is 1030 g/mol.